The normalized spacial score (nSPS) is 17.2. The van der Waals surface area contributed by atoms with Gasteiger partial charge >= 0.3 is 0 Å². The van der Waals surface area contributed by atoms with Gasteiger partial charge in [0.2, 0.25) is 11.8 Å². The van der Waals surface area contributed by atoms with Crippen LogP contribution in [-0.2, 0) is 9.59 Å². The Bertz CT molecular complexity index is 1320. The second kappa shape index (κ2) is 11.8. The molecule has 3 aromatic carbocycles. The van der Waals surface area contributed by atoms with Gasteiger partial charge in [0.15, 0.2) is 5.17 Å². The number of benzene rings is 3. The van der Waals surface area contributed by atoms with E-state index in [1.54, 1.807) is 30.5 Å². The third-order valence-corrected chi connectivity index (χ3v) is 6.80. The van der Waals surface area contributed by atoms with Crippen LogP contribution in [0.25, 0.3) is 6.08 Å². The first-order chi connectivity index (χ1) is 17.4. The summed E-state index contributed by atoms with van der Waals surface area (Å²) in [4.78, 5) is 27.4. The molecule has 1 aliphatic heterocycles. The number of hydrogen-bond donors (Lipinski definition) is 2. The van der Waals surface area contributed by atoms with Gasteiger partial charge in [0.1, 0.15) is 11.0 Å². The van der Waals surface area contributed by atoms with Gasteiger partial charge in [-0.25, -0.2) is 0 Å². The number of hydrogen-bond acceptors (Lipinski definition) is 6. The molecular weight excluding hydrogens is 540 g/mol. The van der Waals surface area contributed by atoms with E-state index in [-0.39, 0.29) is 24.0 Å². The number of carbonyl (C=O) groups is 2. The Balaban J connectivity index is 1.52. The van der Waals surface area contributed by atoms with E-state index in [0.717, 1.165) is 15.6 Å². The second-order valence-corrected chi connectivity index (χ2v) is 10.1. The van der Waals surface area contributed by atoms with Crippen molar-refractivity contribution in [2.24, 2.45) is 10.2 Å². The van der Waals surface area contributed by atoms with Crippen molar-refractivity contribution < 1.29 is 14.7 Å². The van der Waals surface area contributed by atoms with Gasteiger partial charge in [-0.15, -0.1) is 5.10 Å². The van der Waals surface area contributed by atoms with Crippen LogP contribution in [0.1, 0.15) is 18.9 Å². The number of nitrogens with one attached hydrogen (secondary N) is 1. The molecule has 2 amide bonds. The number of thioether (sulfide) groups is 1. The van der Waals surface area contributed by atoms with Crippen molar-refractivity contribution in [2.75, 3.05) is 10.2 Å². The maximum absolute atomic E-state index is 13.3. The van der Waals surface area contributed by atoms with Gasteiger partial charge in [-0.05, 0) is 66.6 Å². The summed E-state index contributed by atoms with van der Waals surface area (Å²) in [5.74, 6) is -0.468. The summed E-state index contributed by atoms with van der Waals surface area (Å²) in [6.45, 7) is 1.91. The molecule has 1 heterocycles. The van der Waals surface area contributed by atoms with Crippen molar-refractivity contribution in [2.45, 2.75) is 18.6 Å². The van der Waals surface area contributed by atoms with E-state index in [1.807, 2.05) is 55.5 Å². The molecule has 9 heteroatoms. The van der Waals surface area contributed by atoms with Crippen molar-refractivity contribution in [3.05, 3.63) is 94.5 Å². The first-order valence-corrected chi connectivity index (χ1v) is 12.8. The minimum atomic E-state index is -0.663. The SMILES string of the molecule is CC(/C=N/N=C1/SC(CC(=O)Nc2ccc(Br)cc2)C(=O)N1c1ccc(O)cc1)=C\c1ccccc1. The fourth-order valence-electron chi connectivity index (χ4n) is 3.44. The summed E-state index contributed by atoms with van der Waals surface area (Å²) in [5, 5.41) is 20.7. The highest BCUT2D eigenvalue weighted by Gasteiger charge is 2.40. The number of carbonyl (C=O) groups excluding carboxylic acids is 2. The lowest BCUT2D eigenvalue weighted by atomic mass is 10.1. The first-order valence-electron chi connectivity index (χ1n) is 11.1. The second-order valence-electron chi connectivity index (χ2n) is 7.98. The standard InChI is InChI=1S/C27H23BrN4O3S/c1-18(15-19-5-3-2-4-6-19)17-29-31-27-32(22-11-13-23(33)14-12-22)26(35)24(36-27)16-25(34)30-21-9-7-20(28)8-10-21/h2-15,17,24,33H,16H2,1H3,(H,30,34)/b18-15+,29-17+,31-27+. The van der Waals surface area contributed by atoms with Crippen molar-refractivity contribution >= 4 is 68.3 Å². The molecule has 1 saturated heterocycles. The molecule has 1 fully saturated rings. The average molecular weight is 563 g/mol. The van der Waals surface area contributed by atoms with E-state index >= 15 is 0 Å². The first kappa shape index (κ1) is 25.4. The third-order valence-electron chi connectivity index (χ3n) is 5.14. The number of amidine groups is 1. The van der Waals surface area contributed by atoms with Gasteiger partial charge in [-0.2, -0.15) is 5.10 Å². The number of aromatic hydroxyl groups is 1. The zero-order valence-corrected chi connectivity index (χ0v) is 21.7. The Morgan fingerprint density at radius 2 is 1.78 bits per heavy atom. The molecule has 2 N–H and O–H groups in total. The molecule has 36 heavy (non-hydrogen) atoms. The van der Waals surface area contributed by atoms with Crippen LogP contribution in [0.3, 0.4) is 0 Å². The van der Waals surface area contributed by atoms with Gasteiger partial charge in [0, 0.05) is 16.6 Å². The number of phenolic OH excluding ortho intramolecular Hbond substituents is 1. The highest BCUT2D eigenvalue weighted by Crippen LogP contribution is 2.34. The molecule has 0 bridgehead atoms. The van der Waals surface area contributed by atoms with E-state index in [4.69, 9.17) is 0 Å². The third kappa shape index (κ3) is 6.71. The Kier molecular flexibility index (Phi) is 8.35. The van der Waals surface area contributed by atoms with Gasteiger partial charge in [-0.1, -0.05) is 64.1 Å². The Morgan fingerprint density at radius 3 is 2.47 bits per heavy atom. The largest absolute Gasteiger partial charge is 0.508 e. The van der Waals surface area contributed by atoms with Crippen molar-refractivity contribution in [3.8, 4) is 5.75 Å². The number of amides is 2. The summed E-state index contributed by atoms with van der Waals surface area (Å²) in [6, 6.07) is 23.3. The zero-order chi connectivity index (χ0) is 25.5. The topological polar surface area (TPSA) is 94.4 Å². The number of phenols is 1. The number of halogens is 1. The smallest absolute Gasteiger partial charge is 0.247 e. The molecular formula is C27H23BrN4O3S. The van der Waals surface area contributed by atoms with E-state index in [1.165, 1.54) is 28.8 Å². The molecule has 0 spiro atoms. The van der Waals surface area contributed by atoms with E-state index < -0.39 is 5.25 Å². The Hall–Kier alpha value is -3.69. The monoisotopic (exact) mass is 562 g/mol. The lowest BCUT2D eigenvalue weighted by Gasteiger charge is -2.16. The van der Waals surface area contributed by atoms with Crippen LogP contribution in [-0.4, -0.2) is 33.6 Å². The molecule has 0 aromatic heterocycles. The number of rotatable bonds is 7. The highest BCUT2D eigenvalue weighted by molar-refractivity contribution is 9.10. The Labute approximate surface area is 221 Å². The molecule has 7 nitrogen and oxygen atoms in total. The van der Waals surface area contributed by atoms with Crippen molar-refractivity contribution in [3.63, 3.8) is 0 Å². The van der Waals surface area contributed by atoms with Crippen LogP contribution in [0.2, 0.25) is 0 Å². The number of allylic oxidation sites excluding steroid dienone is 1. The quantitative estimate of drug-likeness (QED) is 0.269. The van der Waals surface area contributed by atoms with Crippen LogP contribution in [0.4, 0.5) is 11.4 Å². The predicted octanol–water partition coefficient (Wildman–Crippen LogP) is 6.08. The lowest BCUT2D eigenvalue weighted by molar-refractivity contribution is -0.121. The van der Waals surface area contributed by atoms with Crippen LogP contribution in [0, 0.1) is 0 Å². The predicted molar refractivity (Wildman–Crippen MR) is 150 cm³/mol. The van der Waals surface area contributed by atoms with Crippen LogP contribution in [0.15, 0.2) is 99.1 Å². The highest BCUT2D eigenvalue weighted by atomic mass is 79.9. The molecule has 0 saturated carbocycles. The molecule has 1 atom stereocenters. The zero-order valence-electron chi connectivity index (χ0n) is 19.3. The van der Waals surface area contributed by atoms with Crippen LogP contribution in [0.5, 0.6) is 5.75 Å². The molecule has 3 aromatic rings. The molecule has 1 aliphatic rings. The fourth-order valence-corrected chi connectivity index (χ4v) is 4.79. The summed E-state index contributed by atoms with van der Waals surface area (Å²) in [5.41, 5.74) is 3.11. The minimum absolute atomic E-state index is 0.0240. The molecule has 1 unspecified atom stereocenters. The summed E-state index contributed by atoms with van der Waals surface area (Å²) >= 11 is 4.55. The Morgan fingerprint density at radius 1 is 1.08 bits per heavy atom. The molecule has 4 rings (SSSR count). The summed E-state index contributed by atoms with van der Waals surface area (Å²) < 4.78 is 0.904. The van der Waals surface area contributed by atoms with Gasteiger partial charge in [-0.3, -0.25) is 14.5 Å². The van der Waals surface area contributed by atoms with Crippen LogP contribution >= 0.6 is 27.7 Å². The number of nitrogens with zero attached hydrogens (tertiary/aromatic N) is 3. The van der Waals surface area contributed by atoms with Crippen LogP contribution < -0.4 is 10.2 Å². The number of anilines is 2. The molecule has 0 aliphatic carbocycles. The average Bonchev–Trinajstić information content (AvgIpc) is 3.16. The summed E-state index contributed by atoms with van der Waals surface area (Å²) in [6.07, 6.45) is 3.57. The minimum Gasteiger partial charge on any atom is -0.508 e. The maximum Gasteiger partial charge on any atom is 0.247 e. The van der Waals surface area contributed by atoms with Gasteiger partial charge < -0.3 is 10.4 Å². The van der Waals surface area contributed by atoms with Gasteiger partial charge in [0.25, 0.3) is 0 Å². The lowest BCUT2D eigenvalue weighted by Crippen LogP contribution is -2.33. The summed E-state index contributed by atoms with van der Waals surface area (Å²) in [7, 11) is 0. The molecule has 0 radical (unpaired) electrons. The van der Waals surface area contributed by atoms with E-state index in [2.05, 4.69) is 31.4 Å². The fraction of sp³-hybridized carbons (Fsp3) is 0.111. The molecule has 182 valence electrons. The van der Waals surface area contributed by atoms with E-state index in [9.17, 15) is 14.7 Å². The maximum atomic E-state index is 13.3. The van der Waals surface area contributed by atoms with Gasteiger partial charge in [0.05, 0.1) is 11.9 Å². The van der Waals surface area contributed by atoms with E-state index in [0.29, 0.717) is 16.5 Å². The van der Waals surface area contributed by atoms with Crippen molar-refractivity contribution in [1.82, 2.24) is 0 Å². The van der Waals surface area contributed by atoms with Crippen molar-refractivity contribution in [1.29, 1.82) is 0 Å².